The Morgan fingerprint density at radius 1 is 0.826 bits per heavy atom. The molecule has 0 heterocycles. The third-order valence-corrected chi connectivity index (χ3v) is 3.43. The van der Waals surface area contributed by atoms with Crippen molar-refractivity contribution in [1.29, 1.82) is 0 Å². The van der Waals surface area contributed by atoms with Gasteiger partial charge in [0.1, 0.15) is 6.61 Å². The number of rotatable bonds is 9. The van der Waals surface area contributed by atoms with Gasteiger partial charge in [-0.25, -0.2) is 4.79 Å². The van der Waals surface area contributed by atoms with Crippen molar-refractivity contribution in [2.24, 2.45) is 0 Å². The van der Waals surface area contributed by atoms with Gasteiger partial charge >= 0.3 is 6.09 Å². The van der Waals surface area contributed by atoms with Crippen molar-refractivity contribution in [2.45, 2.75) is 26.0 Å². The lowest BCUT2D eigenvalue weighted by Crippen LogP contribution is -2.26. The molecule has 1 amide bonds. The molecule has 0 spiro atoms. The van der Waals surface area contributed by atoms with Crippen molar-refractivity contribution in [3.05, 3.63) is 71.8 Å². The molecule has 0 unspecified atom stereocenters. The Morgan fingerprint density at radius 2 is 1.43 bits per heavy atom. The van der Waals surface area contributed by atoms with Crippen molar-refractivity contribution < 1.29 is 9.53 Å². The molecule has 4 heteroatoms. The molecule has 0 atom stereocenters. The van der Waals surface area contributed by atoms with Gasteiger partial charge in [-0.1, -0.05) is 60.7 Å². The highest BCUT2D eigenvalue weighted by molar-refractivity contribution is 5.67. The van der Waals surface area contributed by atoms with E-state index in [4.69, 9.17) is 4.74 Å². The molecule has 0 radical (unpaired) electrons. The fourth-order valence-electron chi connectivity index (χ4n) is 2.17. The zero-order valence-corrected chi connectivity index (χ0v) is 13.3. The van der Waals surface area contributed by atoms with Gasteiger partial charge in [-0.05, 0) is 30.5 Å². The Bertz CT molecular complexity index is 558. The van der Waals surface area contributed by atoms with E-state index in [1.807, 2.05) is 48.5 Å². The second-order valence-corrected chi connectivity index (χ2v) is 5.36. The standard InChI is InChI=1S/C19H24N2O2/c22-19(23-16-18-11-5-2-6-12-18)21-14-8-7-13-20-15-17-9-3-1-4-10-17/h1-6,9-12,20H,7-8,13-16H2,(H,21,22)/i13+1,14+1,20+1,21+1. The van der Waals surface area contributed by atoms with E-state index in [-0.39, 0.29) is 6.09 Å². The number of unbranched alkanes of at least 4 members (excludes halogenated alkanes) is 1. The molecule has 4 nitrogen and oxygen atoms in total. The van der Waals surface area contributed by atoms with Crippen LogP contribution in [0, 0.1) is 0 Å². The second kappa shape index (κ2) is 10.4. The molecule has 122 valence electrons. The van der Waals surface area contributed by atoms with E-state index in [2.05, 4.69) is 22.8 Å². The van der Waals surface area contributed by atoms with E-state index in [0.29, 0.717) is 13.2 Å². The molecule has 2 aromatic rings. The lowest BCUT2D eigenvalue weighted by atomic mass is 10.2. The van der Waals surface area contributed by atoms with Gasteiger partial charge in [-0.3, -0.25) is 0 Å². The summed E-state index contributed by atoms with van der Waals surface area (Å²) >= 11 is 0. The molecular formula is C19H24N2O2. The van der Waals surface area contributed by atoms with E-state index in [1.165, 1.54) is 5.56 Å². The van der Waals surface area contributed by atoms with Crippen LogP contribution in [0.1, 0.15) is 24.0 Å². The highest BCUT2D eigenvalue weighted by atomic mass is 16.6. The van der Waals surface area contributed by atoms with Gasteiger partial charge in [-0.15, -0.1) is 0 Å². The average Bonchev–Trinajstić information content (AvgIpc) is 2.61. The fraction of sp³-hybridized carbons (Fsp3) is 0.316. The minimum absolute atomic E-state index is 0.311. The van der Waals surface area contributed by atoms with Crippen LogP contribution in [-0.4, -0.2) is 19.2 Å². The smallest absolute Gasteiger partial charge is 0.407 e. The van der Waals surface area contributed by atoms with Gasteiger partial charge in [0.15, 0.2) is 0 Å². The molecule has 23 heavy (non-hydrogen) atoms. The minimum atomic E-state index is -0.355. The highest BCUT2D eigenvalue weighted by Gasteiger charge is 2.01. The van der Waals surface area contributed by atoms with Gasteiger partial charge < -0.3 is 15.4 Å². The van der Waals surface area contributed by atoms with Crippen molar-refractivity contribution in [2.75, 3.05) is 13.1 Å². The van der Waals surface area contributed by atoms with E-state index < -0.39 is 0 Å². The summed E-state index contributed by atoms with van der Waals surface area (Å²) in [4.78, 5) is 11.5. The van der Waals surface area contributed by atoms with Gasteiger partial charge in [-0.2, -0.15) is 0 Å². The fourth-order valence-corrected chi connectivity index (χ4v) is 2.17. The van der Waals surface area contributed by atoms with Crippen molar-refractivity contribution in [3.63, 3.8) is 0 Å². The summed E-state index contributed by atoms with van der Waals surface area (Å²) in [6.07, 6.45) is 1.60. The summed E-state index contributed by atoms with van der Waals surface area (Å²) in [5.41, 5.74) is 2.28. The lowest BCUT2D eigenvalue weighted by Gasteiger charge is -2.08. The molecule has 0 aliphatic rings. The summed E-state index contributed by atoms with van der Waals surface area (Å²) in [5.74, 6) is 0. The topological polar surface area (TPSA) is 50.4 Å². The largest absolute Gasteiger partial charge is 0.445 e. The summed E-state index contributed by atoms with van der Waals surface area (Å²) in [5, 5.41) is 6.17. The number of ether oxygens (including phenoxy) is 1. The zero-order chi connectivity index (χ0) is 16.2. The van der Waals surface area contributed by atoms with E-state index in [1.54, 1.807) is 0 Å². The maximum Gasteiger partial charge on any atom is 0.407 e. The molecule has 0 aliphatic carbocycles. The number of amides is 1. The van der Waals surface area contributed by atoms with E-state index in [9.17, 15) is 4.79 Å². The van der Waals surface area contributed by atoms with Gasteiger partial charge in [0.25, 0.3) is 0 Å². The first kappa shape index (κ1) is 17.0. The average molecular weight is 316 g/mol. The van der Waals surface area contributed by atoms with Crippen LogP contribution in [0.3, 0.4) is 0 Å². The molecule has 0 aliphatic heterocycles. The van der Waals surface area contributed by atoms with Gasteiger partial charge in [0, 0.05) is 13.1 Å². The summed E-state index contributed by atoms with van der Waals surface area (Å²) < 4.78 is 5.15. The number of hydrogen-bond acceptors (Lipinski definition) is 3. The van der Waals surface area contributed by atoms with Crippen molar-refractivity contribution in [1.82, 2.24) is 10.6 Å². The number of carbonyl (C=O) groups is 1. The Labute approximate surface area is 137 Å². The Morgan fingerprint density at radius 3 is 2.13 bits per heavy atom. The van der Waals surface area contributed by atoms with Crippen molar-refractivity contribution >= 4 is 6.09 Å². The van der Waals surface area contributed by atoms with Crippen LogP contribution in [0.2, 0.25) is 0 Å². The first-order valence-corrected chi connectivity index (χ1v) is 8.04. The normalized spacial score (nSPS) is 10.3. The molecular weight excluding hydrogens is 292 g/mol. The van der Waals surface area contributed by atoms with Crippen LogP contribution in [0.15, 0.2) is 60.7 Å². The third kappa shape index (κ3) is 7.47. The molecule has 2 rings (SSSR count). The number of carbonyl (C=O) groups excluding carboxylic acids is 1. The van der Waals surface area contributed by atoms with Crippen LogP contribution in [-0.2, 0) is 17.9 Å². The molecule has 0 saturated carbocycles. The van der Waals surface area contributed by atoms with Crippen LogP contribution < -0.4 is 10.6 Å². The summed E-state index contributed by atoms with van der Waals surface area (Å²) in [7, 11) is 0. The predicted molar refractivity (Wildman–Crippen MR) is 92.0 cm³/mol. The molecule has 0 fully saturated rings. The summed E-state index contributed by atoms with van der Waals surface area (Å²) in [6.45, 7) is 2.77. The number of benzene rings is 2. The number of nitrogens with one attached hydrogen (secondary N) is 2. The van der Waals surface area contributed by atoms with Crippen LogP contribution >= 0.6 is 0 Å². The van der Waals surface area contributed by atoms with Gasteiger partial charge in [0.05, 0.1) is 0 Å². The van der Waals surface area contributed by atoms with E-state index in [0.717, 1.165) is 31.5 Å². The van der Waals surface area contributed by atoms with Crippen molar-refractivity contribution in [3.8, 4) is 0 Å². The second-order valence-electron chi connectivity index (χ2n) is 5.36. The van der Waals surface area contributed by atoms with Crippen LogP contribution in [0.4, 0.5) is 4.79 Å². The molecule has 0 bridgehead atoms. The Kier molecular flexibility index (Phi) is 7.70. The van der Waals surface area contributed by atoms with Gasteiger partial charge in [0.2, 0.25) is 0 Å². The summed E-state index contributed by atoms with van der Waals surface area (Å²) in [6, 6.07) is 20.0. The predicted octanol–water partition coefficient (Wildman–Crippen LogP) is 3.48. The minimum Gasteiger partial charge on any atom is -0.445 e. The zero-order valence-electron chi connectivity index (χ0n) is 13.3. The van der Waals surface area contributed by atoms with Crippen LogP contribution in [0.25, 0.3) is 0 Å². The first-order chi connectivity index (χ1) is 11.3. The maximum atomic E-state index is 11.5. The number of alkyl carbamates (subject to hydrolysis) is 1. The molecule has 2 aromatic carbocycles. The quantitative estimate of drug-likeness (QED) is 0.423. The maximum absolute atomic E-state index is 11.5. The number of hydrogen-bond donors (Lipinski definition) is 2. The molecule has 2 N–H and O–H groups in total. The Hall–Kier alpha value is -2.33. The van der Waals surface area contributed by atoms with E-state index >= 15 is 0 Å². The third-order valence-electron chi connectivity index (χ3n) is 3.43. The molecule has 0 aromatic heterocycles. The van der Waals surface area contributed by atoms with Crippen LogP contribution in [0.5, 0.6) is 0 Å². The first-order valence-electron chi connectivity index (χ1n) is 8.04. The highest BCUT2D eigenvalue weighted by Crippen LogP contribution is 2.00. The SMILES string of the molecule is O=C([15NH][13CH2]CC[13CH2][15NH]Cc1ccccc1)OCc1ccccc1. The Balaban J connectivity index is 1.45. The monoisotopic (exact) mass is 316 g/mol. The lowest BCUT2D eigenvalue weighted by molar-refractivity contribution is 0.139. The molecule has 0 saturated heterocycles.